The van der Waals surface area contributed by atoms with E-state index in [4.69, 9.17) is 0 Å². The Hall–Kier alpha value is -1.55. The zero-order valence-corrected chi connectivity index (χ0v) is 10.9. The first-order valence-electron chi connectivity index (χ1n) is 6.44. The number of para-hydroxylation sites is 1. The molecule has 18 heavy (non-hydrogen) atoms. The smallest absolute Gasteiger partial charge is 0.321 e. The summed E-state index contributed by atoms with van der Waals surface area (Å²) < 4.78 is 0. The van der Waals surface area contributed by atoms with Crippen molar-refractivity contribution in [3.63, 3.8) is 0 Å². The second-order valence-electron chi connectivity index (χ2n) is 4.78. The maximum absolute atomic E-state index is 12.1. The molecule has 1 heterocycles. The molecule has 0 spiro atoms. The van der Waals surface area contributed by atoms with Gasteiger partial charge in [0, 0.05) is 18.8 Å². The number of anilines is 1. The van der Waals surface area contributed by atoms with Crippen LogP contribution < -0.4 is 5.32 Å². The van der Waals surface area contributed by atoms with Crippen LogP contribution in [-0.4, -0.2) is 35.2 Å². The lowest BCUT2D eigenvalue weighted by molar-refractivity contribution is 0.176. The molecule has 1 aromatic rings. The van der Waals surface area contributed by atoms with Crippen molar-refractivity contribution in [1.29, 1.82) is 0 Å². The summed E-state index contributed by atoms with van der Waals surface area (Å²) in [5.74, 6) is 0. The lowest BCUT2D eigenvalue weighted by Gasteiger charge is -2.19. The van der Waals surface area contributed by atoms with Gasteiger partial charge in [-0.25, -0.2) is 4.79 Å². The van der Waals surface area contributed by atoms with Crippen molar-refractivity contribution < 1.29 is 9.90 Å². The van der Waals surface area contributed by atoms with Crippen LogP contribution in [0.25, 0.3) is 0 Å². The predicted octanol–water partition coefficient (Wildman–Crippen LogP) is 2.16. The van der Waals surface area contributed by atoms with Crippen LogP contribution in [0.1, 0.15) is 24.5 Å². The van der Waals surface area contributed by atoms with Crippen molar-refractivity contribution in [3.05, 3.63) is 29.3 Å². The maximum Gasteiger partial charge on any atom is 0.321 e. The first kappa shape index (κ1) is 12.9. The third-order valence-corrected chi connectivity index (χ3v) is 3.42. The van der Waals surface area contributed by atoms with E-state index in [-0.39, 0.29) is 12.1 Å². The van der Waals surface area contributed by atoms with Crippen LogP contribution in [0.5, 0.6) is 0 Å². The summed E-state index contributed by atoms with van der Waals surface area (Å²) in [4.78, 5) is 13.7. The van der Waals surface area contributed by atoms with Gasteiger partial charge in [0.1, 0.15) is 0 Å². The molecule has 1 saturated heterocycles. The molecule has 0 saturated carbocycles. The Morgan fingerprint density at radius 1 is 1.56 bits per heavy atom. The van der Waals surface area contributed by atoms with Crippen LogP contribution in [0.3, 0.4) is 0 Å². The topological polar surface area (TPSA) is 52.6 Å². The molecule has 2 N–H and O–H groups in total. The second-order valence-corrected chi connectivity index (χ2v) is 4.78. The molecule has 1 aromatic carbocycles. The summed E-state index contributed by atoms with van der Waals surface area (Å²) in [6.45, 7) is 5.12. The highest BCUT2D eigenvalue weighted by atomic mass is 16.3. The number of carbonyl (C=O) groups excluding carboxylic acids is 1. The molecule has 4 heteroatoms. The minimum atomic E-state index is -0.377. The first-order valence-corrected chi connectivity index (χ1v) is 6.44. The second kappa shape index (κ2) is 5.40. The van der Waals surface area contributed by atoms with Crippen molar-refractivity contribution in [1.82, 2.24) is 4.90 Å². The highest BCUT2D eigenvalue weighted by molar-refractivity contribution is 5.91. The van der Waals surface area contributed by atoms with E-state index in [2.05, 4.69) is 12.2 Å². The minimum Gasteiger partial charge on any atom is -0.391 e. The third kappa shape index (κ3) is 2.64. The van der Waals surface area contributed by atoms with Gasteiger partial charge in [-0.2, -0.15) is 0 Å². The normalized spacial score (nSPS) is 19.1. The quantitative estimate of drug-likeness (QED) is 0.842. The summed E-state index contributed by atoms with van der Waals surface area (Å²) in [6, 6.07) is 5.91. The molecule has 1 aliphatic heterocycles. The summed E-state index contributed by atoms with van der Waals surface area (Å²) in [7, 11) is 0. The van der Waals surface area contributed by atoms with Crippen LogP contribution >= 0.6 is 0 Å². The fourth-order valence-electron chi connectivity index (χ4n) is 2.31. The number of nitrogens with zero attached hydrogens (tertiary/aromatic N) is 1. The predicted molar refractivity (Wildman–Crippen MR) is 71.8 cm³/mol. The lowest BCUT2D eigenvalue weighted by Crippen LogP contribution is -2.34. The highest BCUT2D eigenvalue weighted by Crippen LogP contribution is 2.22. The number of aryl methyl sites for hydroxylation is 2. The Balaban J connectivity index is 2.11. The number of benzene rings is 1. The third-order valence-electron chi connectivity index (χ3n) is 3.42. The van der Waals surface area contributed by atoms with E-state index < -0.39 is 0 Å². The van der Waals surface area contributed by atoms with Gasteiger partial charge in [-0.3, -0.25) is 0 Å². The summed E-state index contributed by atoms with van der Waals surface area (Å²) >= 11 is 0. The van der Waals surface area contributed by atoms with Crippen molar-refractivity contribution in [2.24, 2.45) is 0 Å². The molecule has 98 valence electrons. The molecule has 2 amide bonds. The molecule has 1 atom stereocenters. The monoisotopic (exact) mass is 248 g/mol. The molecule has 4 nitrogen and oxygen atoms in total. The number of β-amino-alcohol motifs (C(OH)–C–C–N with tert-alkyl or cyclic N) is 1. The van der Waals surface area contributed by atoms with E-state index >= 15 is 0 Å². The molecule has 1 aliphatic rings. The van der Waals surface area contributed by atoms with E-state index in [1.807, 2.05) is 25.1 Å². The fourth-order valence-corrected chi connectivity index (χ4v) is 2.31. The van der Waals surface area contributed by atoms with Gasteiger partial charge < -0.3 is 15.3 Å². The fraction of sp³-hybridized carbons (Fsp3) is 0.500. The Morgan fingerprint density at radius 2 is 2.33 bits per heavy atom. The van der Waals surface area contributed by atoms with Crippen molar-refractivity contribution in [3.8, 4) is 0 Å². The van der Waals surface area contributed by atoms with Crippen LogP contribution in [0.2, 0.25) is 0 Å². The van der Waals surface area contributed by atoms with Crippen molar-refractivity contribution in [2.45, 2.75) is 32.8 Å². The Morgan fingerprint density at radius 3 is 2.94 bits per heavy atom. The largest absolute Gasteiger partial charge is 0.391 e. The number of hydrogen-bond acceptors (Lipinski definition) is 2. The summed E-state index contributed by atoms with van der Waals surface area (Å²) in [5, 5.41) is 12.4. The molecule has 0 bridgehead atoms. The van der Waals surface area contributed by atoms with Crippen LogP contribution in [0.4, 0.5) is 10.5 Å². The number of aliphatic hydroxyl groups is 1. The molecule has 2 rings (SSSR count). The average molecular weight is 248 g/mol. The average Bonchev–Trinajstić information content (AvgIpc) is 2.78. The molecular weight excluding hydrogens is 228 g/mol. The van der Waals surface area contributed by atoms with E-state index in [1.54, 1.807) is 4.90 Å². The van der Waals surface area contributed by atoms with Gasteiger partial charge in [-0.15, -0.1) is 0 Å². The van der Waals surface area contributed by atoms with Crippen molar-refractivity contribution >= 4 is 11.7 Å². The van der Waals surface area contributed by atoms with E-state index in [9.17, 15) is 9.90 Å². The van der Waals surface area contributed by atoms with Gasteiger partial charge in [-0.1, -0.05) is 25.1 Å². The zero-order chi connectivity index (χ0) is 13.1. The van der Waals surface area contributed by atoms with Gasteiger partial charge in [0.15, 0.2) is 0 Å². The van der Waals surface area contributed by atoms with Gasteiger partial charge in [0.05, 0.1) is 6.10 Å². The van der Waals surface area contributed by atoms with Gasteiger partial charge in [-0.05, 0) is 30.9 Å². The Labute approximate surface area is 108 Å². The number of carbonyl (C=O) groups is 1. The molecule has 0 aromatic heterocycles. The van der Waals surface area contributed by atoms with Crippen LogP contribution in [-0.2, 0) is 6.42 Å². The number of amides is 2. The minimum absolute atomic E-state index is 0.115. The Bertz CT molecular complexity index is 445. The van der Waals surface area contributed by atoms with Gasteiger partial charge in [0.2, 0.25) is 0 Å². The highest BCUT2D eigenvalue weighted by Gasteiger charge is 2.25. The molecule has 0 radical (unpaired) electrons. The summed E-state index contributed by atoms with van der Waals surface area (Å²) in [5.41, 5.74) is 3.12. The van der Waals surface area contributed by atoms with Gasteiger partial charge in [0.25, 0.3) is 0 Å². The number of nitrogens with one attached hydrogen (secondary N) is 1. The van der Waals surface area contributed by atoms with E-state index in [1.165, 1.54) is 0 Å². The maximum atomic E-state index is 12.1. The molecule has 0 unspecified atom stereocenters. The molecule has 0 aliphatic carbocycles. The number of hydrogen-bond donors (Lipinski definition) is 2. The molecular formula is C14H20N2O2. The standard InChI is InChI=1S/C14H20N2O2/c1-3-11-6-4-5-10(2)13(11)15-14(18)16-8-7-12(17)9-16/h4-6,12,17H,3,7-9H2,1-2H3,(H,15,18)/t12-/m1/s1. The van der Waals surface area contributed by atoms with Crippen molar-refractivity contribution in [2.75, 3.05) is 18.4 Å². The van der Waals surface area contributed by atoms with Crippen LogP contribution in [0.15, 0.2) is 18.2 Å². The SMILES string of the molecule is CCc1cccc(C)c1NC(=O)N1CC[C@@H](O)C1. The van der Waals surface area contributed by atoms with Gasteiger partial charge >= 0.3 is 6.03 Å². The number of aliphatic hydroxyl groups excluding tert-OH is 1. The van der Waals surface area contributed by atoms with Crippen LogP contribution in [0, 0.1) is 6.92 Å². The number of rotatable bonds is 2. The van der Waals surface area contributed by atoms with E-state index in [0.29, 0.717) is 19.5 Å². The number of urea groups is 1. The number of likely N-dealkylation sites (tertiary alicyclic amines) is 1. The summed E-state index contributed by atoms with van der Waals surface area (Å²) in [6.07, 6.45) is 1.18. The lowest BCUT2D eigenvalue weighted by atomic mass is 10.1. The zero-order valence-electron chi connectivity index (χ0n) is 10.9. The first-order chi connectivity index (χ1) is 8.61. The van der Waals surface area contributed by atoms with E-state index in [0.717, 1.165) is 23.2 Å². The molecule has 1 fully saturated rings. The Kier molecular flexibility index (Phi) is 3.87.